The lowest BCUT2D eigenvalue weighted by molar-refractivity contribution is 0.620. The zero-order valence-corrected chi connectivity index (χ0v) is 12.1. The maximum Gasteiger partial charge on any atom is 0.141 e. The van der Waals surface area contributed by atoms with Gasteiger partial charge in [0.05, 0.1) is 10.0 Å². The van der Waals surface area contributed by atoms with Gasteiger partial charge >= 0.3 is 0 Å². The second-order valence-corrected chi connectivity index (χ2v) is 4.87. The first-order chi connectivity index (χ1) is 8.93. The number of aryl methyl sites for hydroxylation is 2. The van der Waals surface area contributed by atoms with Gasteiger partial charge in [-0.2, -0.15) is 5.26 Å². The normalized spacial score (nSPS) is 9.26. The zero-order chi connectivity index (χ0) is 14.4. The molecule has 0 heterocycles. The first-order valence-electron chi connectivity index (χ1n) is 5.52. The van der Waals surface area contributed by atoms with Crippen LogP contribution in [0.25, 0.3) is 0 Å². The average molecular weight is 324 g/mol. The molecular formula is C15H12BrF2N. The van der Waals surface area contributed by atoms with Gasteiger partial charge in [0.15, 0.2) is 0 Å². The Morgan fingerprint density at radius 1 is 0.947 bits per heavy atom. The van der Waals surface area contributed by atoms with Crippen LogP contribution >= 0.6 is 15.9 Å². The monoisotopic (exact) mass is 323 g/mol. The molecule has 0 spiro atoms. The maximum absolute atomic E-state index is 12.6. The maximum atomic E-state index is 12.6. The number of nitriles is 1. The second-order valence-electron chi connectivity index (χ2n) is 4.01. The molecule has 0 N–H and O–H groups in total. The Hall–Kier alpha value is -1.73. The number of hydrogen-bond donors (Lipinski definition) is 0. The van der Waals surface area contributed by atoms with Crippen molar-refractivity contribution in [2.45, 2.75) is 13.8 Å². The quantitative estimate of drug-likeness (QED) is 0.676. The summed E-state index contributed by atoms with van der Waals surface area (Å²) in [5.41, 5.74) is 1.87. The SMILES string of the molecule is Cc1ccc(Br)c(F)c1.Cc1ccc(C#N)c(F)c1. The number of halogens is 3. The molecule has 2 aromatic carbocycles. The van der Waals surface area contributed by atoms with Crippen LogP contribution in [-0.2, 0) is 0 Å². The predicted octanol–water partition coefficient (Wildman–Crippen LogP) is 4.90. The van der Waals surface area contributed by atoms with Gasteiger partial charge < -0.3 is 0 Å². The molecule has 0 saturated carbocycles. The molecule has 2 aromatic rings. The van der Waals surface area contributed by atoms with E-state index in [0.29, 0.717) is 4.47 Å². The minimum atomic E-state index is -0.442. The van der Waals surface area contributed by atoms with E-state index in [4.69, 9.17) is 5.26 Å². The van der Waals surface area contributed by atoms with Crippen LogP contribution in [0.5, 0.6) is 0 Å². The molecule has 4 heteroatoms. The van der Waals surface area contributed by atoms with Crippen molar-refractivity contribution in [2.24, 2.45) is 0 Å². The number of hydrogen-bond acceptors (Lipinski definition) is 1. The minimum Gasteiger partial charge on any atom is -0.206 e. The number of rotatable bonds is 0. The number of nitrogens with zero attached hydrogens (tertiary/aromatic N) is 1. The standard InChI is InChI=1S/C8H6FN.C7H6BrF/c1-6-2-3-7(5-10)8(9)4-6;1-5-2-3-6(8)7(9)4-5/h2-4H,1H3;2-4H,1H3. The molecule has 19 heavy (non-hydrogen) atoms. The van der Waals surface area contributed by atoms with Crippen molar-refractivity contribution in [3.8, 4) is 6.07 Å². The molecule has 0 atom stereocenters. The van der Waals surface area contributed by atoms with Crippen molar-refractivity contribution in [1.29, 1.82) is 5.26 Å². The van der Waals surface area contributed by atoms with E-state index >= 15 is 0 Å². The van der Waals surface area contributed by atoms with Crippen molar-refractivity contribution in [1.82, 2.24) is 0 Å². The fraction of sp³-hybridized carbons (Fsp3) is 0.133. The van der Waals surface area contributed by atoms with E-state index < -0.39 is 5.82 Å². The smallest absolute Gasteiger partial charge is 0.141 e. The first kappa shape index (κ1) is 15.3. The molecule has 0 aliphatic carbocycles. The van der Waals surface area contributed by atoms with Crippen LogP contribution in [0.4, 0.5) is 8.78 Å². The predicted molar refractivity (Wildman–Crippen MR) is 74.7 cm³/mol. The van der Waals surface area contributed by atoms with Gasteiger partial charge in [-0.05, 0) is 65.2 Å². The van der Waals surface area contributed by atoms with E-state index in [2.05, 4.69) is 15.9 Å². The first-order valence-corrected chi connectivity index (χ1v) is 6.31. The van der Waals surface area contributed by atoms with Crippen LogP contribution in [-0.4, -0.2) is 0 Å². The Bertz CT molecular complexity index is 618. The van der Waals surface area contributed by atoms with E-state index in [1.807, 2.05) is 13.0 Å². The fourth-order valence-corrected chi connectivity index (χ4v) is 1.56. The van der Waals surface area contributed by atoms with Crippen LogP contribution in [0.1, 0.15) is 16.7 Å². The summed E-state index contributed by atoms with van der Waals surface area (Å²) < 4.78 is 25.7. The highest BCUT2D eigenvalue weighted by Crippen LogP contribution is 2.15. The molecular weight excluding hydrogens is 312 g/mol. The largest absolute Gasteiger partial charge is 0.206 e. The van der Waals surface area contributed by atoms with Gasteiger partial charge in [0, 0.05) is 0 Å². The van der Waals surface area contributed by atoms with E-state index in [1.54, 1.807) is 25.1 Å². The third-order valence-electron chi connectivity index (χ3n) is 2.32. The molecule has 0 radical (unpaired) electrons. The molecule has 0 saturated heterocycles. The van der Waals surface area contributed by atoms with Crippen LogP contribution in [0.15, 0.2) is 40.9 Å². The lowest BCUT2D eigenvalue weighted by Crippen LogP contribution is -1.82. The lowest BCUT2D eigenvalue weighted by Gasteiger charge is -1.93. The van der Waals surface area contributed by atoms with Crippen LogP contribution in [0, 0.1) is 36.8 Å². The molecule has 0 aliphatic heterocycles. The summed E-state index contributed by atoms with van der Waals surface area (Å²) in [6, 6.07) is 11.3. The highest BCUT2D eigenvalue weighted by atomic mass is 79.9. The molecule has 0 unspecified atom stereocenters. The molecule has 98 valence electrons. The molecule has 0 amide bonds. The average Bonchev–Trinajstić information content (AvgIpc) is 2.35. The molecule has 2 rings (SSSR count). The van der Waals surface area contributed by atoms with Crippen LogP contribution in [0.3, 0.4) is 0 Å². The summed E-state index contributed by atoms with van der Waals surface area (Å²) in [6.45, 7) is 3.64. The van der Waals surface area contributed by atoms with E-state index in [9.17, 15) is 8.78 Å². The minimum absolute atomic E-state index is 0.102. The Morgan fingerprint density at radius 3 is 1.89 bits per heavy atom. The van der Waals surface area contributed by atoms with Gasteiger partial charge in [0.2, 0.25) is 0 Å². The molecule has 1 nitrogen and oxygen atoms in total. The van der Waals surface area contributed by atoms with Gasteiger partial charge in [-0.3, -0.25) is 0 Å². The summed E-state index contributed by atoms with van der Waals surface area (Å²) in [5, 5.41) is 8.32. The second kappa shape index (κ2) is 7.01. The third kappa shape index (κ3) is 4.80. The summed E-state index contributed by atoms with van der Waals surface area (Å²) in [5.74, 6) is -0.641. The Balaban J connectivity index is 0.000000191. The summed E-state index contributed by atoms with van der Waals surface area (Å²) in [7, 11) is 0. The highest BCUT2D eigenvalue weighted by molar-refractivity contribution is 9.10. The van der Waals surface area contributed by atoms with Gasteiger partial charge in [-0.15, -0.1) is 0 Å². The topological polar surface area (TPSA) is 23.8 Å². The Labute approximate surface area is 119 Å². The fourth-order valence-electron chi connectivity index (χ4n) is 1.31. The van der Waals surface area contributed by atoms with E-state index in [0.717, 1.165) is 11.1 Å². The van der Waals surface area contributed by atoms with Crippen molar-refractivity contribution >= 4 is 15.9 Å². The van der Waals surface area contributed by atoms with Gasteiger partial charge in [-0.1, -0.05) is 12.1 Å². The van der Waals surface area contributed by atoms with Gasteiger partial charge in [0.1, 0.15) is 17.7 Å². The van der Waals surface area contributed by atoms with E-state index in [-0.39, 0.29) is 11.4 Å². The molecule has 0 bridgehead atoms. The Morgan fingerprint density at radius 2 is 1.47 bits per heavy atom. The molecule has 0 aromatic heterocycles. The van der Waals surface area contributed by atoms with Gasteiger partial charge in [-0.25, -0.2) is 8.78 Å². The third-order valence-corrected chi connectivity index (χ3v) is 2.96. The van der Waals surface area contributed by atoms with Crippen molar-refractivity contribution < 1.29 is 8.78 Å². The Kier molecular flexibility index (Phi) is 5.65. The van der Waals surface area contributed by atoms with E-state index in [1.165, 1.54) is 18.2 Å². The zero-order valence-electron chi connectivity index (χ0n) is 10.5. The lowest BCUT2D eigenvalue weighted by atomic mass is 10.1. The summed E-state index contributed by atoms with van der Waals surface area (Å²) in [6.07, 6.45) is 0. The highest BCUT2D eigenvalue weighted by Gasteiger charge is 1.98. The van der Waals surface area contributed by atoms with Crippen LogP contribution < -0.4 is 0 Å². The molecule has 0 fully saturated rings. The summed E-state index contributed by atoms with van der Waals surface area (Å²) in [4.78, 5) is 0. The molecule has 0 aliphatic rings. The van der Waals surface area contributed by atoms with Crippen LogP contribution in [0.2, 0.25) is 0 Å². The van der Waals surface area contributed by atoms with Crippen molar-refractivity contribution in [3.05, 3.63) is 69.2 Å². The van der Waals surface area contributed by atoms with Crippen molar-refractivity contribution in [2.75, 3.05) is 0 Å². The van der Waals surface area contributed by atoms with Crippen molar-refractivity contribution in [3.63, 3.8) is 0 Å². The number of benzene rings is 2. The van der Waals surface area contributed by atoms with Gasteiger partial charge in [0.25, 0.3) is 0 Å². The summed E-state index contributed by atoms with van der Waals surface area (Å²) >= 11 is 3.05.